The number of nitrogens with zero attached hydrogens (tertiary/aromatic N) is 2. The van der Waals surface area contributed by atoms with E-state index in [1.165, 1.54) is 0 Å². The highest BCUT2D eigenvalue weighted by molar-refractivity contribution is 5.80. The van der Waals surface area contributed by atoms with E-state index >= 15 is 0 Å². The molecular formula is C20H28N4O2. The smallest absolute Gasteiger partial charge is 0.191 e. The van der Waals surface area contributed by atoms with Gasteiger partial charge >= 0.3 is 0 Å². The molecule has 0 aliphatic carbocycles. The lowest BCUT2D eigenvalue weighted by Gasteiger charge is -2.38. The number of fused-ring (bicyclic) bond motifs is 1. The standard InChI is InChI=1S/C20H28N4O2/c1-13(2)16-10-14(26-24-16)12-22-19(21-5)23-17-11-20(3,4)25-18-9-7-6-8-15(17)18/h6-10,13,17H,11-12H2,1-5H3,(H2,21,22,23). The van der Waals surface area contributed by atoms with Crippen LogP contribution >= 0.6 is 0 Å². The van der Waals surface area contributed by atoms with Crippen molar-refractivity contribution in [3.8, 4) is 5.75 Å². The molecule has 0 radical (unpaired) electrons. The number of hydrogen-bond donors (Lipinski definition) is 2. The maximum absolute atomic E-state index is 6.10. The lowest BCUT2D eigenvalue weighted by Crippen LogP contribution is -2.45. The van der Waals surface area contributed by atoms with E-state index in [1.54, 1.807) is 7.05 Å². The quantitative estimate of drug-likeness (QED) is 0.645. The van der Waals surface area contributed by atoms with Crippen molar-refractivity contribution < 1.29 is 9.26 Å². The Morgan fingerprint density at radius 1 is 1.35 bits per heavy atom. The van der Waals surface area contributed by atoms with Crippen LogP contribution in [0, 0.1) is 0 Å². The molecule has 140 valence electrons. The highest BCUT2D eigenvalue weighted by atomic mass is 16.5. The largest absolute Gasteiger partial charge is 0.487 e. The fourth-order valence-corrected chi connectivity index (χ4v) is 3.15. The average Bonchev–Trinajstić information content (AvgIpc) is 3.06. The number of nitrogens with one attached hydrogen (secondary N) is 2. The molecule has 3 rings (SSSR count). The molecule has 2 N–H and O–H groups in total. The van der Waals surface area contributed by atoms with E-state index < -0.39 is 0 Å². The first kappa shape index (κ1) is 18.3. The molecule has 0 bridgehead atoms. The number of guanidine groups is 1. The van der Waals surface area contributed by atoms with Crippen molar-refractivity contribution in [2.75, 3.05) is 7.05 Å². The first-order valence-electron chi connectivity index (χ1n) is 9.08. The second kappa shape index (κ2) is 7.40. The van der Waals surface area contributed by atoms with Gasteiger partial charge in [0, 0.05) is 25.1 Å². The van der Waals surface area contributed by atoms with Crippen LogP contribution in [-0.4, -0.2) is 23.8 Å². The SMILES string of the molecule is CN=C(NCc1cc(C(C)C)no1)NC1CC(C)(C)Oc2ccccc21. The fourth-order valence-electron chi connectivity index (χ4n) is 3.15. The van der Waals surface area contributed by atoms with Crippen LogP contribution in [0.15, 0.2) is 39.8 Å². The van der Waals surface area contributed by atoms with Crippen LogP contribution in [0.4, 0.5) is 0 Å². The van der Waals surface area contributed by atoms with Crippen LogP contribution in [0.2, 0.25) is 0 Å². The van der Waals surface area contributed by atoms with Gasteiger partial charge in [-0.3, -0.25) is 4.99 Å². The molecule has 0 amide bonds. The molecule has 0 saturated heterocycles. The Morgan fingerprint density at radius 3 is 2.81 bits per heavy atom. The zero-order valence-corrected chi connectivity index (χ0v) is 16.2. The number of aromatic nitrogens is 1. The van der Waals surface area contributed by atoms with Crippen molar-refractivity contribution in [1.82, 2.24) is 15.8 Å². The highest BCUT2D eigenvalue weighted by Gasteiger charge is 2.33. The fraction of sp³-hybridized carbons (Fsp3) is 0.500. The summed E-state index contributed by atoms with van der Waals surface area (Å²) in [5, 5.41) is 10.9. The summed E-state index contributed by atoms with van der Waals surface area (Å²) >= 11 is 0. The Labute approximate surface area is 155 Å². The molecule has 0 fully saturated rings. The summed E-state index contributed by atoms with van der Waals surface area (Å²) in [6.45, 7) is 8.94. The summed E-state index contributed by atoms with van der Waals surface area (Å²) in [5.74, 6) is 2.80. The lowest BCUT2D eigenvalue weighted by atomic mass is 9.90. The van der Waals surface area contributed by atoms with Gasteiger partial charge in [0.25, 0.3) is 0 Å². The van der Waals surface area contributed by atoms with E-state index in [0.717, 1.165) is 35.1 Å². The normalized spacial score (nSPS) is 19.0. The monoisotopic (exact) mass is 356 g/mol. The molecule has 2 aromatic rings. The number of ether oxygens (including phenoxy) is 1. The molecule has 6 nitrogen and oxygen atoms in total. The van der Waals surface area contributed by atoms with Gasteiger partial charge < -0.3 is 19.9 Å². The van der Waals surface area contributed by atoms with E-state index in [2.05, 4.69) is 54.5 Å². The minimum atomic E-state index is -0.234. The number of hydrogen-bond acceptors (Lipinski definition) is 4. The molecule has 6 heteroatoms. The van der Waals surface area contributed by atoms with Crippen LogP contribution in [0.3, 0.4) is 0 Å². The van der Waals surface area contributed by atoms with Gasteiger partial charge in [-0.05, 0) is 25.8 Å². The van der Waals surface area contributed by atoms with E-state index in [4.69, 9.17) is 9.26 Å². The molecular weight excluding hydrogens is 328 g/mol. The number of para-hydroxylation sites is 1. The third kappa shape index (κ3) is 4.18. The summed E-state index contributed by atoms with van der Waals surface area (Å²) < 4.78 is 11.5. The van der Waals surface area contributed by atoms with Gasteiger partial charge in [-0.1, -0.05) is 37.2 Å². The predicted octanol–water partition coefficient (Wildman–Crippen LogP) is 3.77. The Balaban J connectivity index is 1.68. The van der Waals surface area contributed by atoms with Gasteiger partial charge in [-0.2, -0.15) is 0 Å². The predicted molar refractivity (Wildman–Crippen MR) is 102 cm³/mol. The average molecular weight is 356 g/mol. The van der Waals surface area contributed by atoms with Crippen molar-refractivity contribution in [3.63, 3.8) is 0 Å². The summed E-state index contributed by atoms with van der Waals surface area (Å²) in [6.07, 6.45) is 0.852. The number of benzene rings is 1. The maximum atomic E-state index is 6.10. The van der Waals surface area contributed by atoms with Crippen LogP contribution < -0.4 is 15.4 Å². The molecule has 0 saturated carbocycles. The summed E-state index contributed by atoms with van der Waals surface area (Å²) in [4.78, 5) is 4.35. The maximum Gasteiger partial charge on any atom is 0.191 e. The first-order valence-corrected chi connectivity index (χ1v) is 9.08. The summed E-state index contributed by atoms with van der Waals surface area (Å²) in [6, 6.07) is 10.3. The minimum Gasteiger partial charge on any atom is -0.487 e. The van der Waals surface area contributed by atoms with E-state index in [-0.39, 0.29) is 11.6 Å². The molecule has 1 unspecified atom stereocenters. The molecule has 1 aromatic heterocycles. The molecule has 1 aliphatic heterocycles. The number of aliphatic imine (C=N–C) groups is 1. The van der Waals surface area contributed by atoms with Gasteiger partial charge in [0.15, 0.2) is 11.7 Å². The molecule has 1 atom stereocenters. The highest BCUT2D eigenvalue weighted by Crippen LogP contribution is 2.39. The Hall–Kier alpha value is -2.50. The lowest BCUT2D eigenvalue weighted by molar-refractivity contribution is 0.0694. The van der Waals surface area contributed by atoms with Gasteiger partial charge in [0.1, 0.15) is 11.4 Å². The molecule has 0 spiro atoms. The first-order chi connectivity index (χ1) is 12.4. The van der Waals surface area contributed by atoms with Crippen LogP contribution in [0.1, 0.15) is 63.1 Å². The molecule has 2 heterocycles. The molecule has 26 heavy (non-hydrogen) atoms. The van der Waals surface area contributed by atoms with E-state index in [0.29, 0.717) is 12.5 Å². The third-order valence-electron chi connectivity index (χ3n) is 4.51. The second-order valence-electron chi connectivity index (χ2n) is 7.60. The Morgan fingerprint density at radius 2 is 2.12 bits per heavy atom. The van der Waals surface area contributed by atoms with Gasteiger partial charge in [-0.25, -0.2) is 0 Å². The Bertz CT molecular complexity index is 780. The van der Waals surface area contributed by atoms with Gasteiger partial charge in [0.2, 0.25) is 0 Å². The van der Waals surface area contributed by atoms with Crippen molar-refractivity contribution >= 4 is 5.96 Å². The summed E-state index contributed by atoms with van der Waals surface area (Å²) in [7, 11) is 1.77. The van der Waals surface area contributed by atoms with Crippen molar-refractivity contribution in [3.05, 3.63) is 47.3 Å². The minimum absolute atomic E-state index is 0.127. The van der Waals surface area contributed by atoms with Crippen LogP contribution in [-0.2, 0) is 6.54 Å². The second-order valence-corrected chi connectivity index (χ2v) is 7.60. The molecule has 1 aromatic carbocycles. The Kier molecular flexibility index (Phi) is 5.20. The van der Waals surface area contributed by atoms with Crippen molar-refractivity contribution in [2.24, 2.45) is 4.99 Å². The molecule has 1 aliphatic rings. The van der Waals surface area contributed by atoms with Crippen LogP contribution in [0.5, 0.6) is 5.75 Å². The van der Waals surface area contributed by atoms with Crippen molar-refractivity contribution in [2.45, 2.75) is 58.2 Å². The zero-order chi connectivity index (χ0) is 18.7. The van der Waals surface area contributed by atoms with Gasteiger partial charge in [-0.15, -0.1) is 0 Å². The topological polar surface area (TPSA) is 71.7 Å². The van der Waals surface area contributed by atoms with Gasteiger partial charge in [0.05, 0.1) is 18.3 Å². The third-order valence-corrected chi connectivity index (χ3v) is 4.51. The van der Waals surface area contributed by atoms with E-state index in [1.807, 2.05) is 24.3 Å². The number of rotatable bonds is 4. The van der Waals surface area contributed by atoms with Crippen molar-refractivity contribution in [1.29, 1.82) is 0 Å². The summed E-state index contributed by atoms with van der Waals surface area (Å²) in [5.41, 5.74) is 1.88. The van der Waals surface area contributed by atoms with E-state index in [9.17, 15) is 0 Å². The zero-order valence-electron chi connectivity index (χ0n) is 16.2. The van der Waals surface area contributed by atoms with Crippen LogP contribution in [0.25, 0.3) is 0 Å².